The minimum absolute atomic E-state index is 0.0217. The molecule has 2 saturated carbocycles. The molecule has 3 aromatic rings. The summed E-state index contributed by atoms with van der Waals surface area (Å²) in [6.07, 6.45) is 6.83. The second-order valence-corrected chi connectivity index (χ2v) is 14.4. The highest BCUT2D eigenvalue weighted by Crippen LogP contribution is 2.50. The third-order valence-corrected chi connectivity index (χ3v) is 11.2. The number of hydrogen-bond acceptors (Lipinski definition) is 8. The first-order chi connectivity index (χ1) is 23.1. The predicted octanol–water partition coefficient (Wildman–Crippen LogP) is 2.70. The summed E-state index contributed by atoms with van der Waals surface area (Å²) in [7, 11) is 6.99. The van der Waals surface area contributed by atoms with E-state index in [-0.39, 0.29) is 42.4 Å². The van der Waals surface area contributed by atoms with Gasteiger partial charge in [0.1, 0.15) is 6.04 Å². The number of carbonyl (C=O) groups is 3. The summed E-state index contributed by atoms with van der Waals surface area (Å²) in [5.74, 6) is 1.20. The number of H-pyrrole nitrogens is 1. The number of fused-ring (bicyclic) bond motifs is 3. The van der Waals surface area contributed by atoms with E-state index in [0.717, 1.165) is 54.4 Å². The molecule has 12 nitrogen and oxygen atoms in total. The summed E-state index contributed by atoms with van der Waals surface area (Å²) in [5, 5.41) is 29.2. The van der Waals surface area contributed by atoms with Gasteiger partial charge in [-0.25, -0.2) is 5.10 Å². The molecule has 7 rings (SSSR count). The van der Waals surface area contributed by atoms with E-state index in [1.807, 2.05) is 41.3 Å². The smallest absolute Gasteiger partial charge is 0.253 e. The fourth-order valence-corrected chi connectivity index (χ4v) is 8.36. The van der Waals surface area contributed by atoms with E-state index < -0.39 is 5.41 Å². The summed E-state index contributed by atoms with van der Waals surface area (Å²) < 4.78 is 0. The Morgan fingerprint density at radius 3 is 2.12 bits per heavy atom. The Hall–Kier alpha value is -4.63. The van der Waals surface area contributed by atoms with Gasteiger partial charge in [0.25, 0.3) is 11.8 Å². The molecule has 250 valence electrons. The van der Waals surface area contributed by atoms with Crippen LogP contribution in [-0.2, 0) is 23.1 Å². The Bertz CT molecular complexity index is 1700. The van der Waals surface area contributed by atoms with E-state index in [4.69, 9.17) is 0 Å². The van der Waals surface area contributed by atoms with Crippen LogP contribution >= 0.6 is 0 Å². The van der Waals surface area contributed by atoms with Gasteiger partial charge in [0.05, 0.1) is 18.0 Å². The van der Waals surface area contributed by atoms with Crippen LogP contribution in [0.1, 0.15) is 87.3 Å². The van der Waals surface area contributed by atoms with E-state index in [9.17, 15) is 19.6 Å². The Balaban J connectivity index is 1.34. The zero-order valence-corrected chi connectivity index (χ0v) is 28.1. The predicted molar refractivity (Wildman–Crippen MR) is 177 cm³/mol. The standard InChI is InChI=1S/C36H43N9O3/c1-43(2)33(47)24-10-12-28-22(14-24)8-9-23-15-25(34(48)44(3)4)11-13-29(23)36(28,35-39-41-42-40-35)18-30(21-6-5-7-21)38-20-32(46)45-27(19-37)16-26-17-31(26)45/h10-15,21,26-27,30-31,38H,5-9,16-18,20H2,1-4H3,(H,39,40,41,42)/t26-,27?,30-,31+/m1/s1. The topological polar surface area (TPSA) is 151 Å². The second-order valence-electron chi connectivity index (χ2n) is 14.4. The molecule has 4 aliphatic rings. The molecule has 2 aromatic carbocycles. The molecule has 0 spiro atoms. The lowest BCUT2D eigenvalue weighted by Crippen LogP contribution is -2.50. The number of benzene rings is 2. The molecule has 1 aromatic heterocycles. The quantitative estimate of drug-likeness (QED) is 0.359. The van der Waals surface area contributed by atoms with Crippen molar-refractivity contribution in [2.75, 3.05) is 34.7 Å². The monoisotopic (exact) mass is 649 g/mol. The number of tetrazole rings is 1. The van der Waals surface area contributed by atoms with Crippen molar-refractivity contribution in [1.29, 1.82) is 5.26 Å². The molecule has 4 atom stereocenters. The van der Waals surface area contributed by atoms with E-state index in [0.29, 0.717) is 48.0 Å². The van der Waals surface area contributed by atoms with E-state index in [2.05, 4.69) is 32.0 Å². The van der Waals surface area contributed by atoms with Crippen molar-refractivity contribution in [3.8, 4) is 6.07 Å². The van der Waals surface area contributed by atoms with Crippen LogP contribution in [0.3, 0.4) is 0 Å². The first kappa shape index (κ1) is 31.9. The van der Waals surface area contributed by atoms with E-state index >= 15 is 0 Å². The number of likely N-dealkylation sites (tertiary alicyclic amines) is 1. The molecule has 1 aliphatic heterocycles. The Morgan fingerprint density at radius 2 is 1.62 bits per heavy atom. The van der Waals surface area contributed by atoms with Crippen LogP contribution in [0.25, 0.3) is 0 Å². The first-order valence-corrected chi connectivity index (χ1v) is 17.0. The van der Waals surface area contributed by atoms with Gasteiger partial charge < -0.3 is 20.0 Å². The molecule has 0 bridgehead atoms. The number of aryl methyl sites for hydroxylation is 2. The molecule has 2 heterocycles. The number of carbonyl (C=O) groups excluding carboxylic acids is 3. The SMILES string of the molecule is CN(C)C(=O)c1ccc2c(c1)CCc1cc(C(=O)N(C)C)ccc1C2(C[C@@H](NCC(=O)N1C(C#N)C[C@@H]2C[C@@H]21)C1CCC1)c1nnn[nH]1. The van der Waals surface area contributed by atoms with Crippen molar-refractivity contribution < 1.29 is 14.4 Å². The molecule has 0 radical (unpaired) electrons. The van der Waals surface area contributed by atoms with Crippen LogP contribution in [0.15, 0.2) is 36.4 Å². The number of aromatic nitrogens is 4. The number of amides is 3. The molecular formula is C36H43N9O3. The minimum atomic E-state index is -0.870. The Kier molecular flexibility index (Phi) is 8.27. The van der Waals surface area contributed by atoms with Gasteiger partial charge in [-0.05, 0) is 114 Å². The van der Waals surface area contributed by atoms with Gasteiger partial charge in [-0.15, -0.1) is 5.10 Å². The summed E-state index contributed by atoms with van der Waals surface area (Å²) in [6, 6.07) is 13.9. The number of aromatic amines is 1. The fourth-order valence-electron chi connectivity index (χ4n) is 8.36. The van der Waals surface area contributed by atoms with Gasteiger partial charge >= 0.3 is 0 Å². The maximum atomic E-state index is 13.7. The number of nitriles is 1. The van der Waals surface area contributed by atoms with Crippen LogP contribution in [0.5, 0.6) is 0 Å². The Morgan fingerprint density at radius 1 is 1.00 bits per heavy atom. The van der Waals surface area contributed by atoms with Crippen LogP contribution in [0.2, 0.25) is 0 Å². The van der Waals surface area contributed by atoms with Crippen molar-refractivity contribution in [1.82, 2.24) is 40.6 Å². The van der Waals surface area contributed by atoms with Gasteiger partial charge in [-0.3, -0.25) is 14.4 Å². The number of nitrogens with one attached hydrogen (secondary N) is 2. The number of hydrogen-bond donors (Lipinski definition) is 2. The average Bonchev–Trinajstić information content (AvgIpc) is 3.44. The summed E-state index contributed by atoms with van der Waals surface area (Å²) in [5.41, 5.74) is 4.39. The Labute approximate surface area is 280 Å². The second kappa shape index (κ2) is 12.4. The van der Waals surface area contributed by atoms with E-state index in [1.165, 1.54) is 0 Å². The van der Waals surface area contributed by atoms with Crippen molar-refractivity contribution in [2.24, 2.45) is 11.8 Å². The lowest BCUT2D eigenvalue weighted by atomic mass is 9.64. The fraction of sp³-hybridized carbons (Fsp3) is 0.528. The lowest BCUT2D eigenvalue weighted by molar-refractivity contribution is -0.131. The summed E-state index contributed by atoms with van der Waals surface area (Å²) >= 11 is 0. The molecule has 3 fully saturated rings. The molecule has 1 unspecified atom stereocenters. The zero-order chi connectivity index (χ0) is 33.7. The highest BCUT2D eigenvalue weighted by atomic mass is 16.2. The molecule has 12 heteroatoms. The number of rotatable bonds is 9. The lowest BCUT2D eigenvalue weighted by Gasteiger charge is -2.42. The molecule has 48 heavy (non-hydrogen) atoms. The molecule has 2 N–H and O–H groups in total. The van der Waals surface area contributed by atoms with Crippen LogP contribution in [0, 0.1) is 23.2 Å². The number of piperidine rings is 1. The summed E-state index contributed by atoms with van der Waals surface area (Å²) in [4.78, 5) is 44.9. The molecule has 3 amide bonds. The average molecular weight is 650 g/mol. The van der Waals surface area contributed by atoms with Gasteiger partial charge in [0.15, 0.2) is 5.82 Å². The van der Waals surface area contributed by atoms with Crippen LogP contribution < -0.4 is 5.32 Å². The molecular weight excluding hydrogens is 606 g/mol. The van der Waals surface area contributed by atoms with Crippen molar-refractivity contribution in [2.45, 2.75) is 74.9 Å². The van der Waals surface area contributed by atoms with Gasteiger partial charge in [-0.1, -0.05) is 18.6 Å². The minimum Gasteiger partial charge on any atom is -0.345 e. The highest BCUT2D eigenvalue weighted by molar-refractivity contribution is 5.95. The van der Waals surface area contributed by atoms with Gasteiger partial charge in [0.2, 0.25) is 5.91 Å². The van der Waals surface area contributed by atoms with Crippen molar-refractivity contribution >= 4 is 17.7 Å². The molecule has 1 saturated heterocycles. The highest BCUT2D eigenvalue weighted by Gasteiger charge is 2.54. The first-order valence-electron chi connectivity index (χ1n) is 17.0. The third kappa shape index (κ3) is 5.44. The maximum Gasteiger partial charge on any atom is 0.253 e. The maximum absolute atomic E-state index is 13.7. The number of nitrogens with zero attached hydrogens (tertiary/aromatic N) is 7. The largest absolute Gasteiger partial charge is 0.345 e. The third-order valence-electron chi connectivity index (χ3n) is 11.2. The van der Waals surface area contributed by atoms with Gasteiger partial charge in [0, 0.05) is 51.4 Å². The molecule has 3 aliphatic carbocycles. The van der Waals surface area contributed by atoms with Gasteiger partial charge in [-0.2, -0.15) is 5.26 Å². The van der Waals surface area contributed by atoms with E-state index in [1.54, 1.807) is 38.0 Å². The van der Waals surface area contributed by atoms with Crippen LogP contribution in [0.4, 0.5) is 0 Å². The van der Waals surface area contributed by atoms with Crippen molar-refractivity contribution in [3.63, 3.8) is 0 Å². The van der Waals surface area contributed by atoms with Crippen molar-refractivity contribution in [3.05, 3.63) is 75.6 Å². The normalized spacial score (nSPS) is 22.6. The summed E-state index contributed by atoms with van der Waals surface area (Å²) in [6.45, 7) is 0.152. The van der Waals surface area contributed by atoms with Crippen LogP contribution in [-0.4, -0.2) is 106 Å². The zero-order valence-electron chi connectivity index (χ0n) is 28.1.